The molecule has 0 bridgehead atoms. The molecule has 2 atom stereocenters. The summed E-state index contributed by atoms with van der Waals surface area (Å²) in [4.78, 5) is 22.1. The number of nitrogens with one attached hydrogen (secondary N) is 1. The van der Waals surface area contributed by atoms with Crippen molar-refractivity contribution in [3.63, 3.8) is 0 Å². The molecule has 0 saturated carbocycles. The maximum Gasteiger partial charge on any atom is 0.325 e. The van der Waals surface area contributed by atoms with E-state index in [-0.39, 0.29) is 11.3 Å². The lowest BCUT2D eigenvalue weighted by Crippen LogP contribution is -2.40. The molecule has 0 aliphatic carbocycles. The molecule has 116 valence electrons. The third-order valence-corrected chi connectivity index (χ3v) is 5.05. The molecule has 0 fully saturated rings. The summed E-state index contributed by atoms with van der Waals surface area (Å²) in [6, 6.07) is 3.19. The van der Waals surface area contributed by atoms with E-state index in [1.165, 1.54) is 13.8 Å². The Morgan fingerprint density at radius 3 is 2.24 bits per heavy atom. The average molecular weight is 317 g/mol. The van der Waals surface area contributed by atoms with Crippen LogP contribution in [0.1, 0.15) is 20.3 Å². The zero-order chi connectivity index (χ0) is 16.2. The van der Waals surface area contributed by atoms with Crippen molar-refractivity contribution in [1.82, 2.24) is 5.32 Å². The van der Waals surface area contributed by atoms with Gasteiger partial charge in [-0.1, -0.05) is 0 Å². The Balaban J connectivity index is 2.78. The fraction of sp³-hybridized carbons (Fsp3) is 0.385. The molecule has 0 saturated heterocycles. The number of aliphatic carboxylic acids is 1. The number of hydrogen-bond donors (Lipinski definition) is 2. The summed E-state index contributed by atoms with van der Waals surface area (Å²) in [6.45, 7) is 2.61. The highest BCUT2D eigenvalue weighted by molar-refractivity contribution is 7.92. The van der Waals surface area contributed by atoms with Crippen molar-refractivity contribution in [2.75, 3.05) is 0 Å². The quantitative estimate of drug-likeness (QED) is 0.761. The van der Waals surface area contributed by atoms with Crippen molar-refractivity contribution in [3.8, 4) is 0 Å². The van der Waals surface area contributed by atoms with Crippen LogP contribution in [0.25, 0.3) is 0 Å². The fourth-order valence-electron chi connectivity index (χ4n) is 1.59. The number of hydrogen-bond acceptors (Lipinski definition) is 4. The van der Waals surface area contributed by atoms with Crippen molar-refractivity contribution in [2.24, 2.45) is 0 Å². The predicted molar refractivity (Wildman–Crippen MR) is 72.9 cm³/mol. The second-order valence-corrected chi connectivity index (χ2v) is 7.01. The number of carbonyl (C=O) groups excluding carboxylic acids is 1. The van der Waals surface area contributed by atoms with E-state index < -0.39 is 38.8 Å². The first kappa shape index (κ1) is 17.1. The average Bonchev–Trinajstić information content (AvgIpc) is 2.38. The molecular formula is C13H16FNO5S. The number of rotatable bonds is 6. The van der Waals surface area contributed by atoms with Gasteiger partial charge in [0.05, 0.1) is 10.1 Å². The Labute approximate surface area is 121 Å². The van der Waals surface area contributed by atoms with Crippen LogP contribution in [0, 0.1) is 5.82 Å². The molecule has 0 heterocycles. The Morgan fingerprint density at radius 1 is 1.24 bits per heavy atom. The fourth-order valence-corrected chi connectivity index (χ4v) is 2.94. The first-order valence-corrected chi connectivity index (χ1v) is 7.71. The molecule has 0 aliphatic heterocycles. The first-order chi connectivity index (χ1) is 9.64. The van der Waals surface area contributed by atoms with Crippen LogP contribution < -0.4 is 5.32 Å². The second kappa shape index (κ2) is 6.66. The van der Waals surface area contributed by atoms with Gasteiger partial charge in [0, 0.05) is 6.42 Å². The predicted octanol–water partition coefficient (Wildman–Crippen LogP) is 0.967. The Kier molecular flexibility index (Phi) is 5.42. The molecule has 0 radical (unpaired) electrons. The zero-order valence-corrected chi connectivity index (χ0v) is 12.4. The van der Waals surface area contributed by atoms with Crippen LogP contribution in [-0.4, -0.2) is 36.7 Å². The highest BCUT2D eigenvalue weighted by Gasteiger charge is 2.26. The van der Waals surface area contributed by atoms with Gasteiger partial charge in [-0.05, 0) is 38.1 Å². The van der Waals surface area contributed by atoms with Crippen LogP contribution >= 0.6 is 0 Å². The molecule has 0 aromatic heterocycles. The van der Waals surface area contributed by atoms with Crippen molar-refractivity contribution in [3.05, 3.63) is 30.1 Å². The summed E-state index contributed by atoms with van der Waals surface area (Å²) < 4.78 is 37.2. The van der Waals surface area contributed by atoms with Gasteiger partial charge in [0.2, 0.25) is 5.91 Å². The molecule has 1 aromatic rings. The molecule has 2 unspecified atom stereocenters. The van der Waals surface area contributed by atoms with Crippen LogP contribution in [-0.2, 0) is 19.4 Å². The molecule has 1 aromatic carbocycles. The number of halogens is 1. The van der Waals surface area contributed by atoms with Gasteiger partial charge in [-0.3, -0.25) is 9.59 Å². The van der Waals surface area contributed by atoms with E-state index in [1.54, 1.807) is 0 Å². The monoisotopic (exact) mass is 317 g/mol. The lowest BCUT2D eigenvalue weighted by molar-refractivity contribution is -0.141. The van der Waals surface area contributed by atoms with E-state index in [0.717, 1.165) is 24.3 Å². The van der Waals surface area contributed by atoms with E-state index in [9.17, 15) is 22.4 Å². The summed E-state index contributed by atoms with van der Waals surface area (Å²) in [5.41, 5.74) is 0. The van der Waals surface area contributed by atoms with Gasteiger partial charge in [-0.25, -0.2) is 12.8 Å². The lowest BCUT2D eigenvalue weighted by Gasteiger charge is -2.14. The van der Waals surface area contributed by atoms with Gasteiger partial charge in [0.25, 0.3) is 0 Å². The molecule has 1 rings (SSSR count). The van der Waals surface area contributed by atoms with Gasteiger partial charge in [0.15, 0.2) is 9.84 Å². The number of carboxylic acids is 1. The molecule has 1 amide bonds. The normalized spacial score (nSPS) is 14.2. The first-order valence-electron chi connectivity index (χ1n) is 6.16. The standard InChI is InChI=1S/C13H16FNO5S/c1-8(7-12(16)15-9(2)13(17)18)21(19,20)11-5-3-10(14)4-6-11/h3-6,8-9H,7H2,1-2H3,(H,15,16)(H,17,18). The minimum atomic E-state index is -3.78. The summed E-state index contributed by atoms with van der Waals surface area (Å²) in [7, 11) is -3.78. The van der Waals surface area contributed by atoms with Crippen molar-refractivity contribution < 1.29 is 27.5 Å². The van der Waals surface area contributed by atoms with Crippen LogP contribution in [0.15, 0.2) is 29.2 Å². The third kappa shape index (κ3) is 4.52. The Morgan fingerprint density at radius 2 is 1.76 bits per heavy atom. The van der Waals surface area contributed by atoms with Gasteiger partial charge in [0.1, 0.15) is 11.9 Å². The van der Waals surface area contributed by atoms with Crippen LogP contribution in [0.2, 0.25) is 0 Å². The van der Waals surface area contributed by atoms with E-state index in [1.807, 2.05) is 0 Å². The second-order valence-electron chi connectivity index (χ2n) is 4.64. The number of benzene rings is 1. The number of amides is 1. The molecule has 0 aliphatic rings. The molecule has 0 spiro atoms. The van der Waals surface area contributed by atoms with Gasteiger partial charge >= 0.3 is 5.97 Å². The van der Waals surface area contributed by atoms with Crippen molar-refractivity contribution >= 4 is 21.7 Å². The van der Waals surface area contributed by atoms with E-state index >= 15 is 0 Å². The van der Waals surface area contributed by atoms with Crippen molar-refractivity contribution in [2.45, 2.75) is 36.5 Å². The van der Waals surface area contributed by atoms with Gasteiger partial charge in [-0.15, -0.1) is 0 Å². The minimum Gasteiger partial charge on any atom is -0.480 e. The molecule has 21 heavy (non-hydrogen) atoms. The van der Waals surface area contributed by atoms with E-state index in [4.69, 9.17) is 5.11 Å². The maximum atomic E-state index is 12.8. The third-order valence-electron chi connectivity index (χ3n) is 2.89. The van der Waals surface area contributed by atoms with Gasteiger partial charge < -0.3 is 10.4 Å². The highest BCUT2D eigenvalue weighted by Crippen LogP contribution is 2.18. The smallest absolute Gasteiger partial charge is 0.325 e. The topological polar surface area (TPSA) is 101 Å². The zero-order valence-electron chi connectivity index (χ0n) is 11.5. The summed E-state index contributed by atoms with van der Waals surface area (Å²) in [5, 5.41) is 9.79. The minimum absolute atomic E-state index is 0.0875. The maximum absolute atomic E-state index is 12.8. The summed E-state index contributed by atoms with van der Waals surface area (Å²) >= 11 is 0. The largest absolute Gasteiger partial charge is 0.480 e. The van der Waals surface area contributed by atoms with E-state index in [2.05, 4.69) is 5.32 Å². The number of carboxylic acid groups (broad SMARTS) is 1. The van der Waals surface area contributed by atoms with Crippen LogP contribution in [0.4, 0.5) is 4.39 Å². The lowest BCUT2D eigenvalue weighted by atomic mass is 10.3. The molecule has 8 heteroatoms. The molecule has 6 nitrogen and oxygen atoms in total. The SMILES string of the molecule is CC(NC(=O)CC(C)S(=O)(=O)c1ccc(F)cc1)C(=O)O. The van der Waals surface area contributed by atoms with Gasteiger partial charge in [-0.2, -0.15) is 0 Å². The summed E-state index contributed by atoms with van der Waals surface area (Å²) in [5.74, 6) is -2.45. The number of sulfone groups is 1. The highest BCUT2D eigenvalue weighted by atomic mass is 32.2. The van der Waals surface area contributed by atoms with Crippen molar-refractivity contribution in [1.29, 1.82) is 0 Å². The van der Waals surface area contributed by atoms with Crippen LogP contribution in [0.3, 0.4) is 0 Å². The number of carbonyl (C=O) groups is 2. The molecular weight excluding hydrogens is 301 g/mol. The summed E-state index contributed by atoms with van der Waals surface area (Å²) in [6.07, 6.45) is -0.378. The Hall–Kier alpha value is -1.96. The molecule has 2 N–H and O–H groups in total. The Bertz CT molecular complexity index is 626. The van der Waals surface area contributed by atoms with E-state index in [0.29, 0.717) is 0 Å². The van der Waals surface area contributed by atoms with Crippen LogP contribution in [0.5, 0.6) is 0 Å².